The normalized spacial score (nSPS) is 13.7. The molecule has 0 aliphatic carbocycles. The maximum atomic E-state index is 11.4. The average Bonchev–Trinajstić information content (AvgIpc) is 2.29. The topological polar surface area (TPSA) is 33.5 Å². The van der Waals surface area contributed by atoms with Crippen molar-refractivity contribution in [1.29, 1.82) is 0 Å². The maximum Gasteiger partial charge on any atom is 0.303 e. The summed E-state index contributed by atoms with van der Waals surface area (Å²) in [4.78, 5) is 14.6. The predicted molar refractivity (Wildman–Crippen MR) is 59.1 cm³/mol. The minimum Gasteiger partial charge on any atom is -0.343 e. The molecule has 0 aliphatic rings. The second-order valence-electron chi connectivity index (χ2n) is 3.45. The van der Waals surface area contributed by atoms with Crippen LogP contribution in [0.15, 0.2) is 30.3 Å². The molecule has 2 unspecified atom stereocenters. The number of carbonyl (C=O) groups is 1. The standard InChI is InChI=1S/C12H14N2O/c1-9(11-7-5-4-6-8-11)14-12(15)10(2)13-3/h4-10H,1-2H3,(H,14,15). The number of nitrogens with zero attached hydrogens (tertiary/aromatic N) is 1. The Labute approximate surface area is 89.9 Å². The lowest BCUT2D eigenvalue weighted by Crippen LogP contribution is -2.32. The highest BCUT2D eigenvalue weighted by molar-refractivity contribution is 5.83. The van der Waals surface area contributed by atoms with Crippen LogP contribution in [0, 0.1) is 6.57 Å². The zero-order chi connectivity index (χ0) is 11.3. The van der Waals surface area contributed by atoms with Gasteiger partial charge in [-0.25, -0.2) is 6.57 Å². The van der Waals surface area contributed by atoms with Gasteiger partial charge in [0.25, 0.3) is 6.04 Å². The van der Waals surface area contributed by atoms with Crippen molar-refractivity contribution in [2.75, 3.05) is 0 Å². The smallest absolute Gasteiger partial charge is 0.303 e. The molecule has 0 bridgehead atoms. The van der Waals surface area contributed by atoms with Crippen LogP contribution in [-0.2, 0) is 4.79 Å². The Morgan fingerprint density at radius 1 is 1.33 bits per heavy atom. The summed E-state index contributed by atoms with van der Waals surface area (Å²) >= 11 is 0. The highest BCUT2D eigenvalue weighted by atomic mass is 16.2. The summed E-state index contributed by atoms with van der Waals surface area (Å²) in [6, 6.07) is 9.02. The number of nitrogens with one attached hydrogen (secondary N) is 1. The molecule has 0 aliphatic heterocycles. The zero-order valence-electron chi connectivity index (χ0n) is 8.90. The Kier molecular flexibility index (Phi) is 3.87. The summed E-state index contributed by atoms with van der Waals surface area (Å²) in [5, 5.41) is 2.79. The van der Waals surface area contributed by atoms with E-state index in [1.165, 1.54) is 0 Å². The Morgan fingerprint density at radius 2 is 1.93 bits per heavy atom. The Hall–Kier alpha value is -1.82. The molecular formula is C12H14N2O. The van der Waals surface area contributed by atoms with E-state index in [9.17, 15) is 4.79 Å². The Morgan fingerprint density at radius 3 is 2.47 bits per heavy atom. The summed E-state index contributed by atoms with van der Waals surface area (Å²) in [5.41, 5.74) is 1.04. The molecule has 0 saturated heterocycles. The van der Waals surface area contributed by atoms with Crippen LogP contribution in [-0.4, -0.2) is 11.9 Å². The van der Waals surface area contributed by atoms with E-state index >= 15 is 0 Å². The third kappa shape index (κ3) is 3.10. The first kappa shape index (κ1) is 11.3. The van der Waals surface area contributed by atoms with Crippen molar-refractivity contribution in [2.45, 2.75) is 25.9 Å². The van der Waals surface area contributed by atoms with Gasteiger partial charge in [0, 0.05) is 6.92 Å². The van der Waals surface area contributed by atoms with Gasteiger partial charge in [0.05, 0.1) is 6.04 Å². The van der Waals surface area contributed by atoms with Gasteiger partial charge in [-0.2, -0.15) is 0 Å². The van der Waals surface area contributed by atoms with Crippen molar-refractivity contribution < 1.29 is 4.79 Å². The first-order chi connectivity index (χ1) is 7.15. The molecule has 0 heterocycles. The molecule has 78 valence electrons. The lowest BCUT2D eigenvalue weighted by Gasteiger charge is -2.13. The second-order valence-corrected chi connectivity index (χ2v) is 3.45. The van der Waals surface area contributed by atoms with Crippen LogP contribution < -0.4 is 5.32 Å². The third-order valence-corrected chi connectivity index (χ3v) is 2.23. The molecule has 1 aromatic carbocycles. The van der Waals surface area contributed by atoms with Crippen LogP contribution >= 0.6 is 0 Å². The van der Waals surface area contributed by atoms with Gasteiger partial charge in [0.1, 0.15) is 0 Å². The molecule has 0 fully saturated rings. The number of rotatable bonds is 3. The van der Waals surface area contributed by atoms with Gasteiger partial charge in [-0.1, -0.05) is 30.3 Å². The lowest BCUT2D eigenvalue weighted by atomic mass is 10.1. The molecule has 1 amide bonds. The summed E-state index contributed by atoms with van der Waals surface area (Å²) in [6.07, 6.45) is 0. The van der Waals surface area contributed by atoms with Gasteiger partial charge in [-0.3, -0.25) is 4.79 Å². The number of hydrogen-bond acceptors (Lipinski definition) is 1. The maximum absolute atomic E-state index is 11.4. The first-order valence-electron chi connectivity index (χ1n) is 4.87. The monoisotopic (exact) mass is 202 g/mol. The van der Waals surface area contributed by atoms with Crippen LogP contribution in [0.1, 0.15) is 25.5 Å². The van der Waals surface area contributed by atoms with E-state index in [1.807, 2.05) is 37.3 Å². The molecule has 2 atom stereocenters. The van der Waals surface area contributed by atoms with E-state index in [-0.39, 0.29) is 11.9 Å². The van der Waals surface area contributed by atoms with Crippen molar-refractivity contribution in [3.8, 4) is 0 Å². The minimum absolute atomic E-state index is 0.0529. The van der Waals surface area contributed by atoms with Gasteiger partial charge in [-0.05, 0) is 12.5 Å². The average molecular weight is 202 g/mol. The summed E-state index contributed by atoms with van der Waals surface area (Å²) in [6.45, 7) is 10.3. The van der Waals surface area contributed by atoms with Crippen molar-refractivity contribution in [3.63, 3.8) is 0 Å². The fourth-order valence-electron chi connectivity index (χ4n) is 1.22. The molecule has 3 heteroatoms. The van der Waals surface area contributed by atoms with E-state index in [4.69, 9.17) is 6.57 Å². The van der Waals surface area contributed by atoms with Gasteiger partial charge in [0.2, 0.25) is 0 Å². The molecule has 1 N–H and O–H groups in total. The lowest BCUT2D eigenvalue weighted by molar-refractivity contribution is -0.121. The highest BCUT2D eigenvalue weighted by Crippen LogP contribution is 2.11. The van der Waals surface area contributed by atoms with Crippen LogP contribution in [0.4, 0.5) is 0 Å². The Bertz CT molecular complexity index is 367. The minimum atomic E-state index is -0.615. The molecular weight excluding hydrogens is 188 g/mol. The van der Waals surface area contributed by atoms with E-state index in [2.05, 4.69) is 10.2 Å². The molecule has 0 aromatic heterocycles. The Balaban J connectivity index is 2.61. The first-order valence-corrected chi connectivity index (χ1v) is 4.87. The number of hydrogen-bond donors (Lipinski definition) is 1. The van der Waals surface area contributed by atoms with E-state index in [0.29, 0.717) is 0 Å². The van der Waals surface area contributed by atoms with Crippen LogP contribution in [0.2, 0.25) is 0 Å². The molecule has 3 nitrogen and oxygen atoms in total. The molecule has 15 heavy (non-hydrogen) atoms. The predicted octanol–water partition coefficient (Wildman–Crippen LogP) is 2.17. The number of amides is 1. The fourth-order valence-corrected chi connectivity index (χ4v) is 1.22. The van der Waals surface area contributed by atoms with Gasteiger partial charge in [-0.15, -0.1) is 0 Å². The van der Waals surface area contributed by atoms with Crippen molar-refractivity contribution in [3.05, 3.63) is 47.3 Å². The largest absolute Gasteiger partial charge is 0.343 e. The second kappa shape index (κ2) is 5.16. The highest BCUT2D eigenvalue weighted by Gasteiger charge is 2.18. The number of benzene rings is 1. The number of carbonyl (C=O) groups excluding carboxylic acids is 1. The van der Waals surface area contributed by atoms with Crippen molar-refractivity contribution in [2.24, 2.45) is 0 Å². The summed E-state index contributed by atoms with van der Waals surface area (Å²) in [7, 11) is 0. The van der Waals surface area contributed by atoms with E-state index in [1.54, 1.807) is 6.92 Å². The molecule has 0 spiro atoms. The summed E-state index contributed by atoms with van der Waals surface area (Å²) < 4.78 is 0. The third-order valence-electron chi connectivity index (χ3n) is 2.23. The van der Waals surface area contributed by atoms with Crippen LogP contribution in [0.25, 0.3) is 4.85 Å². The van der Waals surface area contributed by atoms with E-state index in [0.717, 1.165) is 5.56 Å². The van der Waals surface area contributed by atoms with Crippen LogP contribution in [0.5, 0.6) is 0 Å². The van der Waals surface area contributed by atoms with Crippen LogP contribution in [0.3, 0.4) is 0 Å². The zero-order valence-corrected chi connectivity index (χ0v) is 8.90. The molecule has 1 aromatic rings. The van der Waals surface area contributed by atoms with E-state index < -0.39 is 6.04 Å². The molecule has 0 saturated carbocycles. The molecule has 0 radical (unpaired) electrons. The van der Waals surface area contributed by atoms with Gasteiger partial charge >= 0.3 is 5.91 Å². The van der Waals surface area contributed by atoms with Crippen molar-refractivity contribution >= 4 is 5.91 Å². The SMILES string of the molecule is [C-]#[N+]C(C)C(=O)NC(C)c1ccccc1. The fraction of sp³-hybridized carbons (Fsp3) is 0.333. The molecule has 1 rings (SSSR count). The van der Waals surface area contributed by atoms with Gasteiger partial charge < -0.3 is 10.2 Å². The summed E-state index contributed by atoms with van der Waals surface area (Å²) in [5.74, 6) is -0.221. The van der Waals surface area contributed by atoms with Gasteiger partial charge in [0.15, 0.2) is 0 Å². The van der Waals surface area contributed by atoms with Crippen molar-refractivity contribution in [1.82, 2.24) is 5.32 Å². The quantitative estimate of drug-likeness (QED) is 0.749.